The lowest BCUT2D eigenvalue weighted by atomic mass is 10.1. The van der Waals surface area contributed by atoms with Crippen molar-refractivity contribution in [2.45, 2.75) is 32.9 Å². The molecule has 1 aromatic rings. The molecule has 6 heteroatoms. The summed E-state index contributed by atoms with van der Waals surface area (Å²) in [7, 11) is 0. The summed E-state index contributed by atoms with van der Waals surface area (Å²) in [4.78, 5) is 19.0. The third-order valence-corrected chi connectivity index (χ3v) is 4.30. The predicted molar refractivity (Wildman–Crippen MR) is 71.0 cm³/mol. The molecule has 2 unspecified atom stereocenters. The van der Waals surface area contributed by atoms with Crippen LogP contribution in [0.1, 0.15) is 28.5 Å². The Morgan fingerprint density at radius 1 is 1.61 bits per heavy atom. The molecule has 1 aliphatic heterocycles. The normalized spacial score (nSPS) is 22.9. The number of aromatic nitrogens is 1. The van der Waals surface area contributed by atoms with Crippen LogP contribution in [0.5, 0.6) is 0 Å². The molecule has 0 bridgehead atoms. The first-order valence-corrected chi connectivity index (χ1v) is 6.95. The molecule has 0 aromatic carbocycles. The number of hydrogen-bond donors (Lipinski definition) is 2. The van der Waals surface area contributed by atoms with E-state index in [4.69, 9.17) is 0 Å². The first kappa shape index (κ1) is 13.5. The Morgan fingerprint density at radius 3 is 2.89 bits per heavy atom. The summed E-state index contributed by atoms with van der Waals surface area (Å²) in [5, 5.41) is 13.4. The molecule has 0 aliphatic carbocycles. The highest BCUT2D eigenvalue weighted by molar-refractivity contribution is 7.11. The number of carboxylic acid groups (broad SMARTS) is 1. The Balaban J connectivity index is 2.23. The summed E-state index contributed by atoms with van der Waals surface area (Å²) < 4.78 is 0. The van der Waals surface area contributed by atoms with Crippen molar-refractivity contribution in [2.75, 3.05) is 19.6 Å². The zero-order chi connectivity index (χ0) is 13.3. The fraction of sp³-hybridized carbons (Fsp3) is 0.667. The molecule has 2 heterocycles. The molecule has 0 amide bonds. The van der Waals surface area contributed by atoms with Gasteiger partial charge in [0, 0.05) is 24.5 Å². The summed E-state index contributed by atoms with van der Waals surface area (Å²) in [6, 6.07) is -0.409. The molecule has 1 saturated heterocycles. The van der Waals surface area contributed by atoms with Crippen molar-refractivity contribution in [3.63, 3.8) is 0 Å². The van der Waals surface area contributed by atoms with Crippen LogP contribution < -0.4 is 5.32 Å². The quantitative estimate of drug-likeness (QED) is 0.862. The smallest absolute Gasteiger partial charge is 0.322 e. The Labute approximate surface area is 111 Å². The second-order valence-corrected chi connectivity index (χ2v) is 6.05. The largest absolute Gasteiger partial charge is 0.480 e. The number of aliphatic carboxylic acids is 1. The van der Waals surface area contributed by atoms with E-state index >= 15 is 0 Å². The average Bonchev–Trinajstić information content (AvgIpc) is 2.67. The van der Waals surface area contributed by atoms with Gasteiger partial charge < -0.3 is 10.4 Å². The highest BCUT2D eigenvalue weighted by atomic mass is 32.1. The highest BCUT2D eigenvalue weighted by Gasteiger charge is 2.33. The van der Waals surface area contributed by atoms with Crippen molar-refractivity contribution in [3.8, 4) is 0 Å². The number of piperazine rings is 1. The number of carbonyl (C=O) groups is 1. The van der Waals surface area contributed by atoms with Crippen molar-refractivity contribution in [2.24, 2.45) is 0 Å². The molecule has 2 N–H and O–H groups in total. The number of aryl methyl sites for hydroxylation is 2. The number of nitrogens with zero attached hydrogens (tertiary/aromatic N) is 2. The maximum Gasteiger partial charge on any atom is 0.322 e. The topological polar surface area (TPSA) is 65.5 Å². The van der Waals surface area contributed by atoms with Crippen molar-refractivity contribution in [1.82, 2.24) is 15.2 Å². The van der Waals surface area contributed by atoms with Gasteiger partial charge in [-0.15, -0.1) is 11.3 Å². The lowest BCUT2D eigenvalue weighted by Gasteiger charge is -2.37. The van der Waals surface area contributed by atoms with E-state index < -0.39 is 12.0 Å². The molecule has 18 heavy (non-hydrogen) atoms. The molecule has 100 valence electrons. The summed E-state index contributed by atoms with van der Waals surface area (Å²) in [6.07, 6.45) is 0. The second-order valence-electron chi connectivity index (χ2n) is 4.65. The molecule has 5 nitrogen and oxygen atoms in total. The molecule has 0 radical (unpaired) electrons. The van der Waals surface area contributed by atoms with Crippen LogP contribution in [0.25, 0.3) is 0 Å². The summed E-state index contributed by atoms with van der Waals surface area (Å²) in [6.45, 7) is 8.16. The Bertz CT molecular complexity index is 447. The predicted octanol–water partition coefficient (Wildman–Crippen LogP) is 1.18. The lowest BCUT2D eigenvalue weighted by Crippen LogP contribution is -2.55. The van der Waals surface area contributed by atoms with Gasteiger partial charge in [0.25, 0.3) is 0 Å². The number of hydrogen-bond acceptors (Lipinski definition) is 5. The minimum absolute atomic E-state index is 0.0538. The van der Waals surface area contributed by atoms with Crippen LogP contribution >= 0.6 is 11.3 Å². The van der Waals surface area contributed by atoms with Gasteiger partial charge in [-0.05, 0) is 20.8 Å². The van der Waals surface area contributed by atoms with Gasteiger partial charge in [0.05, 0.1) is 16.7 Å². The zero-order valence-corrected chi connectivity index (χ0v) is 11.8. The SMILES string of the molecule is Cc1nc(C(C)N2CCNCC2C(=O)O)c(C)s1. The Hall–Kier alpha value is -0.980. The molecule has 0 spiro atoms. The molecule has 0 saturated carbocycles. The molecular formula is C12H19N3O2S. The van der Waals surface area contributed by atoms with Crippen LogP contribution in [0.3, 0.4) is 0 Å². The van der Waals surface area contributed by atoms with Gasteiger partial charge in [0.2, 0.25) is 0 Å². The van der Waals surface area contributed by atoms with Crippen LogP contribution in [0.2, 0.25) is 0 Å². The Kier molecular flexibility index (Phi) is 3.99. The second kappa shape index (κ2) is 5.34. The van der Waals surface area contributed by atoms with Gasteiger partial charge >= 0.3 is 5.97 Å². The maximum atomic E-state index is 11.3. The minimum Gasteiger partial charge on any atom is -0.480 e. The van der Waals surface area contributed by atoms with Gasteiger partial charge in [-0.25, -0.2) is 4.98 Å². The van der Waals surface area contributed by atoms with Crippen LogP contribution in [0, 0.1) is 13.8 Å². The average molecular weight is 269 g/mol. The number of carboxylic acids is 1. The standard InChI is InChI=1S/C12H19N3O2S/c1-7(11-8(2)18-9(3)14-11)15-5-4-13-6-10(15)12(16)17/h7,10,13H,4-6H2,1-3H3,(H,16,17). The molecule has 1 fully saturated rings. The van der Waals surface area contributed by atoms with E-state index in [0.29, 0.717) is 6.54 Å². The van der Waals surface area contributed by atoms with Crippen molar-refractivity contribution in [3.05, 3.63) is 15.6 Å². The van der Waals surface area contributed by atoms with Crippen molar-refractivity contribution >= 4 is 17.3 Å². The summed E-state index contributed by atoms with van der Waals surface area (Å²) in [5.41, 5.74) is 1.02. The van der Waals surface area contributed by atoms with Crippen LogP contribution in [-0.2, 0) is 4.79 Å². The van der Waals surface area contributed by atoms with E-state index in [1.165, 1.54) is 4.88 Å². The van der Waals surface area contributed by atoms with Crippen LogP contribution in [0.4, 0.5) is 0 Å². The first-order chi connectivity index (χ1) is 8.50. The van der Waals surface area contributed by atoms with Crippen molar-refractivity contribution < 1.29 is 9.90 Å². The molecule has 2 atom stereocenters. The van der Waals surface area contributed by atoms with Gasteiger partial charge in [0.1, 0.15) is 6.04 Å². The van der Waals surface area contributed by atoms with Gasteiger partial charge in [-0.3, -0.25) is 9.69 Å². The minimum atomic E-state index is -0.765. The molecule has 1 aromatic heterocycles. The monoisotopic (exact) mass is 269 g/mol. The van der Waals surface area contributed by atoms with Crippen LogP contribution in [-0.4, -0.2) is 46.6 Å². The number of thiazole rings is 1. The number of rotatable bonds is 3. The maximum absolute atomic E-state index is 11.3. The molecule has 2 rings (SSSR count). The summed E-state index contributed by atoms with van der Waals surface area (Å²) >= 11 is 1.67. The van der Waals surface area contributed by atoms with E-state index in [1.807, 2.05) is 18.7 Å². The fourth-order valence-electron chi connectivity index (χ4n) is 2.50. The van der Waals surface area contributed by atoms with Crippen molar-refractivity contribution in [1.29, 1.82) is 0 Å². The van der Waals surface area contributed by atoms with E-state index in [2.05, 4.69) is 17.2 Å². The van der Waals surface area contributed by atoms with E-state index in [1.54, 1.807) is 11.3 Å². The fourth-order valence-corrected chi connectivity index (χ4v) is 3.41. The lowest BCUT2D eigenvalue weighted by molar-refractivity contribution is -0.145. The van der Waals surface area contributed by atoms with E-state index in [0.717, 1.165) is 23.8 Å². The van der Waals surface area contributed by atoms with E-state index in [-0.39, 0.29) is 6.04 Å². The molecule has 1 aliphatic rings. The first-order valence-electron chi connectivity index (χ1n) is 6.14. The van der Waals surface area contributed by atoms with E-state index in [9.17, 15) is 9.90 Å². The van der Waals surface area contributed by atoms with Gasteiger partial charge in [-0.1, -0.05) is 0 Å². The Morgan fingerprint density at radius 2 is 2.33 bits per heavy atom. The molecular weight excluding hydrogens is 250 g/mol. The highest BCUT2D eigenvalue weighted by Crippen LogP contribution is 2.28. The third-order valence-electron chi connectivity index (χ3n) is 3.40. The van der Waals surface area contributed by atoms with Crippen LogP contribution in [0.15, 0.2) is 0 Å². The van der Waals surface area contributed by atoms with Gasteiger partial charge in [-0.2, -0.15) is 0 Å². The third kappa shape index (κ3) is 2.55. The zero-order valence-electron chi connectivity index (χ0n) is 10.9. The van der Waals surface area contributed by atoms with Gasteiger partial charge in [0.15, 0.2) is 0 Å². The number of nitrogens with one attached hydrogen (secondary N) is 1. The summed E-state index contributed by atoms with van der Waals surface area (Å²) in [5.74, 6) is -0.765.